The number of nitrogens with one attached hydrogen (secondary N) is 1. The molecule has 0 saturated carbocycles. The summed E-state index contributed by atoms with van der Waals surface area (Å²) in [5, 5.41) is 2.95. The van der Waals surface area contributed by atoms with Gasteiger partial charge in [-0.05, 0) is 31.0 Å². The molecule has 0 saturated heterocycles. The molecule has 1 atom stereocenters. The molecule has 1 amide bonds. The van der Waals surface area contributed by atoms with Gasteiger partial charge in [-0.3, -0.25) is 9.78 Å². The second kappa shape index (κ2) is 8.10. The smallest absolute Gasteiger partial charge is 0.270 e. The fraction of sp³-hybridized carbons (Fsp3) is 0.294. The van der Waals surface area contributed by atoms with Gasteiger partial charge in [-0.25, -0.2) is 0 Å². The van der Waals surface area contributed by atoms with E-state index in [1.807, 2.05) is 70.2 Å². The summed E-state index contributed by atoms with van der Waals surface area (Å²) < 4.78 is 0. The lowest BCUT2D eigenvalue weighted by molar-refractivity contribution is 0.0934. The zero-order valence-corrected chi connectivity index (χ0v) is 12.6. The molecule has 0 aliphatic heterocycles. The zero-order chi connectivity index (χ0) is 15.0. The Kier molecular flexibility index (Phi) is 6.44. The Morgan fingerprint density at radius 1 is 1.10 bits per heavy atom. The van der Waals surface area contributed by atoms with Crippen LogP contribution in [-0.2, 0) is 0 Å². The second-order valence-corrected chi connectivity index (χ2v) is 4.27. The Hall–Kier alpha value is -2.16. The van der Waals surface area contributed by atoms with E-state index in [1.165, 1.54) is 0 Å². The van der Waals surface area contributed by atoms with Crippen LogP contribution in [0, 0.1) is 6.92 Å². The summed E-state index contributed by atoms with van der Waals surface area (Å²) in [6, 6.07) is 13.6. The van der Waals surface area contributed by atoms with Crippen LogP contribution in [0.1, 0.15) is 48.4 Å². The third-order valence-corrected chi connectivity index (χ3v) is 2.87. The normalized spacial score (nSPS) is 11.0. The summed E-state index contributed by atoms with van der Waals surface area (Å²) in [5.41, 5.74) is 2.45. The molecule has 1 unspecified atom stereocenters. The van der Waals surface area contributed by atoms with Gasteiger partial charge in [0.05, 0.1) is 6.04 Å². The first-order valence-corrected chi connectivity index (χ1v) is 6.96. The molecule has 0 fully saturated rings. The highest BCUT2D eigenvalue weighted by Crippen LogP contribution is 2.12. The van der Waals surface area contributed by atoms with E-state index in [-0.39, 0.29) is 11.9 Å². The molecule has 2 aromatic rings. The second-order valence-electron chi connectivity index (χ2n) is 4.27. The molecule has 0 aliphatic carbocycles. The van der Waals surface area contributed by atoms with Crippen molar-refractivity contribution in [3.8, 4) is 0 Å². The van der Waals surface area contributed by atoms with Gasteiger partial charge in [0.25, 0.3) is 5.91 Å². The lowest BCUT2D eigenvalue weighted by Crippen LogP contribution is -2.28. The third-order valence-electron chi connectivity index (χ3n) is 2.87. The minimum Gasteiger partial charge on any atom is -0.344 e. The summed E-state index contributed by atoms with van der Waals surface area (Å²) in [6.07, 6.45) is 1.63. The fourth-order valence-electron chi connectivity index (χ4n) is 1.81. The molecule has 106 valence electrons. The molecule has 1 N–H and O–H groups in total. The van der Waals surface area contributed by atoms with Gasteiger partial charge in [0.15, 0.2) is 0 Å². The van der Waals surface area contributed by atoms with Crippen LogP contribution in [0.4, 0.5) is 0 Å². The fourth-order valence-corrected chi connectivity index (χ4v) is 1.81. The highest BCUT2D eigenvalue weighted by Gasteiger charge is 2.13. The van der Waals surface area contributed by atoms with Crippen molar-refractivity contribution >= 4 is 5.91 Å². The minimum atomic E-state index is -0.135. The van der Waals surface area contributed by atoms with E-state index in [0.717, 1.165) is 11.1 Å². The van der Waals surface area contributed by atoms with Gasteiger partial charge in [-0.2, -0.15) is 0 Å². The van der Waals surface area contributed by atoms with Crippen molar-refractivity contribution < 1.29 is 4.79 Å². The van der Waals surface area contributed by atoms with Gasteiger partial charge in [0.2, 0.25) is 0 Å². The summed E-state index contributed by atoms with van der Waals surface area (Å²) in [4.78, 5) is 16.2. The number of rotatable bonds is 3. The molecule has 0 bridgehead atoms. The highest BCUT2D eigenvalue weighted by atomic mass is 16.1. The number of aromatic nitrogens is 1. The van der Waals surface area contributed by atoms with Gasteiger partial charge in [0, 0.05) is 6.20 Å². The van der Waals surface area contributed by atoms with Gasteiger partial charge in [-0.15, -0.1) is 0 Å². The first kappa shape index (κ1) is 15.9. The van der Waals surface area contributed by atoms with Crippen molar-refractivity contribution in [3.05, 3.63) is 65.5 Å². The zero-order valence-electron chi connectivity index (χ0n) is 12.6. The predicted molar refractivity (Wildman–Crippen MR) is 82.6 cm³/mol. The number of hydrogen-bond acceptors (Lipinski definition) is 2. The Bertz CT molecular complexity index is 538. The van der Waals surface area contributed by atoms with E-state index in [0.29, 0.717) is 5.69 Å². The van der Waals surface area contributed by atoms with E-state index < -0.39 is 0 Å². The molecule has 0 radical (unpaired) electrons. The van der Waals surface area contributed by atoms with Crippen molar-refractivity contribution in [3.63, 3.8) is 0 Å². The number of nitrogens with zero attached hydrogens (tertiary/aromatic N) is 1. The molecular formula is C17H22N2O. The van der Waals surface area contributed by atoms with Gasteiger partial charge in [-0.1, -0.05) is 50.2 Å². The number of benzene rings is 1. The van der Waals surface area contributed by atoms with Crippen LogP contribution in [0.25, 0.3) is 0 Å². The Morgan fingerprint density at radius 3 is 2.35 bits per heavy atom. The van der Waals surface area contributed by atoms with Crippen molar-refractivity contribution in [1.29, 1.82) is 0 Å². The molecule has 1 aromatic carbocycles. The Morgan fingerprint density at radius 2 is 1.75 bits per heavy atom. The predicted octanol–water partition coefficient (Wildman–Crippen LogP) is 3.91. The largest absolute Gasteiger partial charge is 0.344 e. The van der Waals surface area contributed by atoms with E-state index >= 15 is 0 Å². The van der Waals surface area contributed by atoms with E-state index in [4.69, 9.17) is 0 Å². The van der Waals surface area contributed by atoms with Crippen molar-refractivity contribution in [1.82, 2.24) is 10.3 Å². The van der Waals surface area contributed by atoms with Crippen LogP contribution in [0.15, 0.2) is 48.7 Å². The number of carbonyl (C=O) groups excluding carboxylic acids is 1. The lowest BCUT2D eigenvalue weighted by atomic mass is 10.1. The van der Waals surface area contributed by atoms with Gasteiger partial charge < -0.3 is 5.32 Å². The summed E-state index contributed by atoms with van der Waals surface area (Å²) in [6.45, 7) is 7.85. The van der Waals surface area contributed by atoms with Crippen molar-refractivity contribution in [2.45, 2.75) is 33.7 Å². The number of amides is 1. The van der Waals surface area contributed by atoms with Gasteiger partial charge in [0.1, 0.15) is 5.69 Å². The molecule has 0 spiro atoms. The van der Waals surface area contributed by atoms with E-state index in [9.17, 15) is 4.79 Å². The van der Waals surface area contributed by atoms with E-state index in [1.54, 1.807) is 6.20 Å². The van der Waals surface area contributed by atoms with Crippen LogP contribution in [0.3, 0.4) is 0 Å². The molecule has 20 heavy (non-hydrogen) atoms. The number of hydrogen-bond donors (Lipinski definition) is 1. The molecule has 0 aliphatic rings. The third kappa shape index (κ3) is 4.19. The van der Waals surface area contributed by atoms with Crippen LogP contribution < -0.4 is 5.32 Å². The summed E-state index contributed by atoms with van der Waals surface area (Å²) in [5.74, 6) is -0.135. The maximum atomic E-state index is 12.1. The SMILES string of the molecule is CC.Cc1cccnc1C(=O)NC(C)c1ccccc1. The first-order chi connectivity index (χ1) is 9.68. The lowest BCUT2D eigenvalue weighted by Gasteiger charge is -2.14. The molecule has 1 heterocycles. The molecule has 3 heteroatoms. The maximum Gasteiger partial charge on any atom is 0.270 e. The highest BCUT2D eigenvalue weighted by molar-refractivity contribution is 5.93. The standard InChI is InChI=1S/C15H16N2O.C2H6/c1-11-7-6-10-16-14(11)15(18)17-12(2)13-8-4-3-5-9-13;1-2/h3-10,12H,1-2H3,(H,17,18);1-2H3. The Balaban J connectivity index is 0.000000956. The van der Waals surface area contributed by atoms with E-state index in [2.05, 4.69) is 10.3 Å². The van der Waals surface area contributed by atoms with Crippen molar-refractivity contribution in [2.24, 2.45) is 0 Å². The minimum absolute atomic E-state index is 0.0277. The average Bonchev–Trinajstić information content (AvgIpc) is 2.50. The molecule has 1 aromatic heterocycles. The van der Waals surface area contributed by atoms with Crippen LogP contribution >= 0.6 is 0 Å². The quantitative estimate of drug-likeness (QED) is 0.918. The molecule has 2 rings (SSSR count). The van der Waals surface area contributed by atoms with Crippen LogP contribution in [-0.4, -0.2) is 10.9 Å². The topological polar surface area (TPSA) is 42.0 Å². The van der Waals surface area contributed by atoms with Crippen molar-refractivity contribution in [2.75, 3.05) is 0 Å². The molecular weight excluding hydrogens is 248 g/mol. The monoisotopic (exact) mass is 270 g/mol. The average molecular weight is 270 g/mol. The maximum absolute atomic E-state index is 12.1. The van der Waals surface area contributed by atoms with Crippen LogP contribution in [0.2, 0.25) is 0 Å². The summed E-state index contributed by atoms with van der Waals surface area (Å²) in [7, 11) is 0. The van der Waals surface area contributed by atoms with Crippen LogP contribution in [0.5, 0.6) is 0 Å². The molecule has 3 nitrogen and oxygen atoms in total. The Labute approximate surface area is 121 Å². The first-order valence-electron chi connectivity index (χ1n) is 6.96. The number of carbonyl (C=O) groups is 1. The number of pyridine rings is 1. The number of aryl methyl sites for hydroxylation is 1. The van der Waals surface area contributed by atoms with Gasteiger partial charge >= 0.3 is 0 Å². The summed E-state index contributed by atoms with van der Waals surface area (Å²) >= 11 is 0.